The summed E-state index contributed by atoms with van der Waals surface area (Å²) in [5, 5.41) is 2.04. The normalized spacial score (nSPS) is 35.4. The van der Waals surface area contributed by atoms with Crippen molar-refractivity contribution in [2.24, 2.45) is 11.8 Å². The fraction of sp³-hybridized carbons (Fsp3) is 0.381. The van der Waals surface area contributed by atoms with E-state index < -0.39 is 5.79 Å². The van der Waals surface area contributed by atoms with Gasteiger partial charge in [-0.3, -0.25) is 4.79 Å². The van der Waals surface area contributed by atoms with Crippen LogP contribution in [0.15, 0.2) is 48.6 Å². The molecule has 2 aromatic carbocycles. The van der Waals surface area contributed by atoms with Crippen LogP contribution in [0.3, 0.4) is 0 Å². The van der Waals surface area contributed by atoms with Crippen molar-refractivity contribution in [1.82, 2.24) is 0 Å². The van der Waals surface area contributed by atoms with Crippen molar-refractivity contribution in [3.8, 4) is 11.5 Å². The zero-order valence-electron chi connectivity index (χ0n) is 14.3. The summed E-state index contributed by atoms with van der Waals surface area (Å²) in [5.41, 5.74) is 0. The standard InChI is InChI=1S/C21H18O5/c1-23-15-10-16-20(24-16)19-18(15)12(22)8-9-21(19)25-13-6-2-4-11-5-3-7-14(26-21)17(11)13/h2-9,15-16,18-20H,10H2,1H3/t15-,16-,18-,19-,20-/m0/s1. The third kappa shape index (κ3) is 1.79. The number of benzene rings is 2. The van der Waals surface area contributed by atoms with Gasteiger partial charge in [-0.25, -0.2) is 0 Å². The van der Waals surface area contributed by atoms with Crippen molar-refractivity contribution < 1.29 is 23.7 Å². The molecule has 0 radical (unpaired) electrons. The number of epoxide rings is 1. The molecule has 5 atom stereocenters. The van der Waals surface area contributed by atoms with Crippen molar-refractivity contribution in [1.29, 1.82) is 0 Å². The number of ketones is 1. The molecule has 26 heavy (non-hydrogen) atoms. The maximum atomic E-state index is 12.7. The molecule has 2 aliphatic carbocycles. The molecule has 6 rings (SSSR count). The molecule has 2 aliphatic heterocycles. The van der Waals surface area contributed by atoms with Crippen molar-refractivity contribution in [2.75, 3.05) is 7.11 Å². The molecule has 1 saturated heterocycles. The minimum atomic E-state index is -1.04. The van der Waals surface area contributed by atoms with Gasteiger partial charge in [0.25, 0.3) is 5.79 Å². The quantitative estimate of drug-likeness (QED) is 0.740. The van der Waals surface area contributed by atoms with Gasteiger partial charge in [-0.05, 0) is 23.6 Å². The fourth-order valence-corrected chi connectivity index (χ4v) is 4.99. The van der Waals surface area contributed by atoms with Crippen LogP contribution in [-0.2, 0) is 14.3 Å². The molecule has 4 aliphatic rings. The van der Waals surface area contributed by atoms with Crippen LogP contribution >= 0.6 is 0 Å². The van der Waals surface area contributed by atoms with E-state index in [1.807, 2.05) is 36.4 Å². The molecular weight excluding hydrogens is 332 g/mol. The van der Waals surface area contributed by atoms with E-state index in [2.05, 4.69) is 0 Å². The van der Waals surface area contributed by atoms with E-state index >= 15 is 0 Å². The number of rotatable bonds is 1. The van der Waals surface area contributed by atoms with E-state index in [4.69, 9.17) is 18.9 Å². The monoisotopic (exact) mass is 350 g/mol. The fourth-order valence-electron chi connectivity index (χ4n) is 4.99. The Morgan fingerprint density at radius 2 is 1.85 bits per heavy atom. The number of methoxy groups -OCH3 is 1. The molecule has 0 aromatic heterocycles. The van der Waals surface area contributed by atoms with Crippen LogP contribution in [0.25, 0.3) is 10.8 Å². The second kappa shape index (κ2) is 4.87. The van der Waals surface area contributed by atoms with E-state index in [0.717, 1.165) is 28.7 Å². The molecule has 5 heteroatoms. The number of hydrogen-bond acceptors (Lipinski definition) is 5. The Morgan fingerprint density at radius 3 is 2.54 bits per heavy atom. The van der Waals surface area contributed by atoms with Gasteiger partial charge < -0.3 is 18.9 Å². The predicted octanol–water partition coefficient (Wildman–Crippen LogP) is 2.86. The lowest BCUT2D eigenvalue weighted by atomic mass is 9.67. The first-order valence-electron chi connectivity index (χ1n) is 9.01. The van der Waals surface area contributed by atoms with Crippen molar-refractivity contribution in [3.63, 3.8) is 0 Å². The summed E-state index contributed by atoms with van der Waals surface area (Å²) in [6, 6.07) is 11.9. The third-order valence-electron chi connectivity index (χ3n) is 6.17. The Morgan fingerprint density at radius 1 is 1.12 bits per heavy atom. The average Bonchev–Trinajstić information content (AvgIpc) is 3.43. The van der Waals surface area contributed by atoms with Crippen LogP contribution in [0.2, 0.25) is 0 Å². The summed E-state index contributed by atoms with van der Waals surface area (Å²) >= 11 is 0. The summed E-state index contributed by atoms with van der Waals surface area (Å²) in [5.74, 6) is 0.0200. The number of hydrogen-bond donors (Lipinski definition) is 0. The molecular formula is C21H18O5. The minimum absolute atomic E-state index is 0.0373. The van der Waals surface area contributed by atoms with Gasteiger partial charge in [-0.15, -0.1) is 0 Å². The zero-order chi connectivity index (χ0) is 17.5. The Bertz CT molecular complexity index is 923. The smallest absolute Gasteiger partial charge is 0.277 e. The Balaban J connectivity index is 1.52. The summed E-state index contributed by atoms with van der Waals surface area (Å²) in [6.07, 6.45) is 3.98. The molecule has 0 unspecified atom stereocenters. The van der Waals surface area contributed by atoms with E-state index in [1.165, 1.54) is 0 Å². The molecule has 0 bridgehead atoms. The number of ether oxygens (including phenoxy) is 4. The summed E-state index contributed by atoms with van der Waals surface area (Å²) in [7, 11) is 1.65. The highest BCUT2D eigenvalue weighted by molar-refractivity contribution is 5.96. The van der Waals surface area contributed by atoms with Crippen LogP contribution < -0.4 is 9.47 Å². The lowest BCUT2D eigenvalue weighted by molar-refractivity contribution is -0.173. The lowest BCUT2D eigenvalue weighted by Crippen LogP contribution is -2.61. The van der Waals surface area contributed by atoms with E-state index in [0.29, 0.717) is 0 Å². The van der Waals surface area contributed by atoms with Crippen LogP contribution in [-0.4, -0.2) is 37.0 Å². The van der Waals surface area contributed by atoms with E-state index in [9.17, 15) is 4.79 Å². The van der Waals surface area contributed by atoms with Crippen molar-refractivity contribution in [2.45, 2.75) is 30.5 Å². The SMILES string of the molecule is CO[C@H]1C[C@@H]2O[C@@H]2[C@@H]2[C@H]1C(=O)C=CC21Oc2cccc3cccc(c23)O1. The lowest BCUT2D eigenvalue weighted by Gasteiger charge is -2.47. The molecule has 132 valence electrons. The molecule has 1 saturated carbocycles. The Kier molecular flexibility index (Phi) is 2.76. The van der Waals surface area contributed by atoms with Gasteiger partial charge in [0, 0.05) is 19.6 Å². The van der Waals surface area contributed by atoms with Gasteiger partial charge in [0.2, 0.25) is 0 Å². The maximum Gasteiger partial charge on any atom is 0.277 e. The van der Waals surface area contributed by atoms with Crippen LogP contribution in [0, 0.1) is 11.8 Å². The van der Waals surface area contributed by atoms with Gasteiger partial charge in [0.1, 0.15) is 11.5 Å². The molecule has 2 heterocycles. The first-order valence-corrected chi connectivity index (χ1v) is 9.01. The first-order chi connectivity index (χ1) is 12.7. The highest BCUT2D eigenvalue weighted by Crippen LogP contribution is 2.55. The Hall–Kier alpha value is -2.37. The van der Waals surface area contributed by atoms with Gasteiger partial charge in [-0.1, -0.05) is 24.3 Å². The maximum absolute atomic E-state index is 12.7. The van der Waals surface area contributed by atoms with E-state index in [-0.39, 0.29) is 35.9 Å². The molecule has 0 N–H and O–H groups in total. The van der Waals surface area contributed by atoms with Crippen molar-refractivity contribution in [3.05, 3.63) is 48.6 Å². The number of fused-ring (bicyclic) bond motifs is 4. The zero-order valence-corrected chi connectivity index (χ0v) is 14.3. The first kappa shape index (κ1) is 14.8. The summed E-state index contributed by atoms with van der Waals surface area (Å²) in [4.78, 5) is 12.7. The Labute approximate surface area is 150 Å². The third-order valence-corrected chi connectivity index (χ3v) is 6.17. The van der Waals surface area contributed by atoms with Gasteiger partial charge in [0.05, 0.1) is 35.5 Å². The van der Waals surface area contributed by atoms with E-state index in [1.54, 1.807) is 19.3 Å². The molecule has 0 amide bonds. The molecule has 2 aromatic rings. The predicted molar refractivity (Wildman–Crippen MR) is 93.1 cm³/mol. The number of allylic oxidation sites excluding steroid dienone is 1. The molecule has 5 nitrogen and oxygen atoms in total. The van der Waals surface area contributed by atoms with Crippen molar-refractivity contribution >= 4 is 16.6 Å². The highest BCUT2D eigenvalue weighted by Gasteiger charge is 2.67. The van der Waals surface area contributed by atoms with Crippen LogP contribution in [0.1, 0.15) is 6.42 Å². The number of carbonyl (C=O) groups excluding carboxylic acids is 1. The summed E-state index contributed by atoms with van der Waals surface area (Å²) < 4.78 is 24.4. The van der Waals surface area contributed by atoms with Crippen LogP contribution in [0.5, 0.6) is 11.5 Å². The van der Waals surface area contributed by atoms with Gasteiger partial charge in [-0.2, -0.15) is 0 Å². The second-order valence-corrected chi connectivity index (χ2v) is 7.47. The van der Waals surface area contributed by atoms with Crippen LogP contribution in [0.4, 0.5) is 0 Å². The highest BCUT2D eigenvalue weighted by atomic mass is 16.7. The largest absolute Gasteiger partial charge is 0.448 e. The van der Waals surface area contributed by atoms with Gasteiger partial charge in [0.15, 0.2) is 5.78 Å². The number of carbonyl (C=O) groups is 1. The molecule has 2 fully saturated rings. The minimum Gasteiger partial charge on any atom is -0.448 e. The van der Waals surface area contributed by atoms with Gasteiger partial charge >= 0.3 is 0 Å². The summed E-state index contributed by atoms with van der Waals surface area (Å²) in [6.45, 7) is 0. The average molecular weight is 350 g/mol. The topological polar surface area (TPSA) is 57.3 Å². The second-order valence-electron chi connectivity index (χ2n) is 7.47. The molecule has 1 spiro atoms.